The van der Waals surface area contributed by atoms with Gasteiger partial charge in [0.05, 0.1) is 0 Å². The fourth-order valence-corrected chi connectivity index (χ4v) is 5.12. The number of benzene rings is 2. The molecule has 0 fully saturated rings. The van der Waals surface area contributed by atoms with E-state index in [9.17, 15) is 4.79 Å². The number of thioether (sulfide) groups is 1. The van der Waals surface area contributed by atoms with E-state index in [-0.39, 0.29) is 5.91 Å². The fourth-order valence-electron chi connectivity index (χ4n) is 3.43. The second-order valence-corrected chi connectivity index (χ2v) is 9.32. The maximum Gasteiger partial charge on any atom is 0.293 e. The van der Waals surface area contributed by atoms with Crippen LogP contribution in [0.25, 0.3) is 11.0 Å². The first-order valence-electron chi connectivity index (χ1n) is 9.24. The number of amides is 1. The summed E-state index contributed by atoms with van der Waals surface area (Å²) in [5, 5.41) is 12.6. The summed E-state index contributed by atoms with van der Waals surface area (Å²) in [4.78, 5) is 12.8. The number of fused-ring (bicyclic) bond motifs is 1. The molecule has 5 nitrogen and oxygen atoms in total. The van der Waals surface area contributed by atoms with E-state index >= 15 is 0 Å². The van der Waals surface area contributed by atoms with Crippen LogP contribution in [0.5, 0.6) is 0 Å². The molecule has 0 saturated carbocycles. The Hall–Kier alpha value is -2.64. The van der Waals surface area contributed by atoms with Gasteiger partial charge in [0.1, 0.15) is 5.58 Å². The number of nitrogens with zero attached hydrogens (tertiary/aromatic N) is 2. The first kappa shape index (κ1) is 19.7. The van der Waals surface area contributed by atoms with E-state index in [0.717, 1.165) is 37.8 Å². The highest BCUT2D eigenvalue weighted by Gasteiger charge is 2.20. The van der Waals surface area contributed by atoms with E-state index in [1.165, 1.54) is 22.5 Å². The normalized spacial score (nSPS) is 11.2. The Labute approximate surface area is 177 Å². The molecule has 0 unspecified atom stereocenters. The highest BCUT2D eigenvalue weighted by atomic mass is 32.2. The lowest BCUT2D eigenvalue weighted by Gasteiger charge is -2.00. The zero-order valence-corrected chi connectivity index (χ0v) is 18.3. The zero-order valence-electron chi connectivity index (χ0n) is 16.7. The van der Waals surface area contributed by atoms with Crippen molar-refractivity contribution in [3.63, 3.8) is 0 Å². The maximum absolute atomic E-state index is 12.8. The van der Waals surface area contributed by atoms with Gasteiger partial charge in [0.15, 0.2) is 10.1 Å². The van der Waals surface area contributed by atoms with Gasteiger partial charge in [0.25, 0.3) is 5.91 Å². The fraction of sp³-hybridized carbons (Fsp3) is 0.227. The average molecular weight is 424 g/mol. The van der Waals surface area contributed by atoms with Crippen LogP contribution in [0.3, 0.4) is 0 Å². The molecule has 1 amide bonds. The van der Waals surface area contributed by atoms with Crippen LogP contribution in [0, 0.1) is 27.7 Å². The number of furan rings is 1. The lowest BCUT2D eigenvalue weighted by atomic mass is 10.0. The van der Waals surface area contributed by atoms with Crippen LogP contribution in [-0.4, -0.2) is 16.1 Å². The number of hydrogen-bond acceptors (Lipinski definition) is 6. The molecule has 1 N–H and O–H groups in total. The first-order chi connectivity index (χ1) is 13.9. The molecule has 0 saturated heterocycles. The Morgan fingerprint density at radius 2 is 1.93 bits per heavy atom. The predicted molar refractivity (Wildman–Crippen MR) is 119 cm³/mol. The molecule has 4 aromatic rings. The number of aromatic nitrogens is 2. The minimum Gasteiger partial charge on any atom is -0.451 e. The molecule has 0 bridgehead atoms. The van der Waals surface area contributed by atoms with Crippen LogP contribution in [0.2, 0.25) is 0 Å². The van der Waals surface area contributed by atoms with E-state index in [4.69, 9.17) is 4.42 Å². The van der Waals surface area contributed by atoms with Gasteiger partial charge in [-0.2, -0.15) is 0 Å². The predicted octanol–water partition coefficient (Wildman–Crippen LogP) is 6.06. The average Bonchev–Trinajstić information content (AvgIpc) is 3.24. The van der Waals surface area contributed by atoms with E-state index in [2.05, 4.69) is 52.8 Å². The van der Waals surface area contributed by atoms with Crippen LogP contribution in [0.4, 0.5) is 5.13 Å². The quantitative estimate of drug-likeness (QED) is 0.312. The van der Waals surface area contributed by atoms with Gasteiger partial charge in [-0.05, 0) is 50.5 Å². The van der Waals surface area contributed by atoms with Gasteiger partial charge in [-0.1, -0.05) is 59.0 Å². The topological polar surface area (TPSA) is 68.0 Å². The van der Waals surface area contributed by atoms with Crippen molar-refractivity contribution in [1.82, 2.24) is 10.2 Å². The third kappa shape index (κ3) is 4.21. The van der Waals surface area contributed by atoms with Crippen molar-refractivity contribution in [1.29, 1.82) is 0 Å². The third-order valence-corrected chi connectivity index (χ3v) is 6.69. The molecule has 148 valence electrons. The number of anilines is 1. The second kappa shape index (κ2) is 8.00. The zero-order chi connectivity index (χ0) is 20.5. The van der Waals surface area contributed by atoms with Crippen molar-refractivity contribution in [2.24, 2.45) is 0 Å². The molecule has 0 spiro atoms. The SMILES string of the molecule is Cc1cccc(CSc2nnc(NC(=O)c3oc4cc(C)cc(C)c4c3C)s2)c1. The van der Waals surface area contributed by atoms with E-state index < -0.39 is 0 Å². The van der Waals surface area contributed by atoms with Gasteiger partial charge < -0.3 is 4.42 Å². The largest absolute Gasteiger partial charge is 0.451 e. The van der Waals surface area contributed by atoms with Crippen LogP contribution in [0.15, 0.2) is 45.2 Å². The minimum absolute atomic E-state index is 0.304. The molecule has 2 aromatic heterocycles. The molecule has 0 aliphatic rings. The number of aryl methyl sites for hydroxylation is 4. The molecule has 0 radical (unpaired) electrons. The smallest absolute Gasteiger partial charge is 0.293 e. The van der Waals surface area contributed by atoms with Crippen molar-refractivity contribution < 1.29 is 9.21 Å². The van der Waals surface area contributed by atoms with Crippen molar-refractivity contribution in [3.05, 3.63) is 70.0 Å². The summed E-state index contributed by atoms with van der Waals surface area (Å²) in [6.45, 7) is 8.03. The highest BCUT2D eigenvalue weighted by Crippen LogP contribution is 2.31. The van der Waals surface area contributed by atoms with Crippen LogP contribution in [0.1, 0.15) is 38.4 Å². The molecule has 7 heteroatoms. The molecule has 2 heterocycles. The Morgan fingerprint density at radius 3 is 2.72 bits per heavy atom. The standard InChI is InChI=1S/C22H21N3O2S2/c1-12-6-5-7-16(9-12)11-28-22-25-24-21(29-22)23-20(26)19-15(4)18-14(3)8-13(2)10-17(18)27-19/h5-10H,11H2,1-4H3,(H,23,24,26). The summed E-state index contributed by atoms with van der Waals surface area (Å²) >= 11 is 2.97. The van der Waals surface area contributed by atoms with Gasteiger partial charge >= 0.3 is 0 Å². The summed E-state index contributed by atoms with van der Waals surface area (Å²) in [5.74, 6) is 0.825. The number of hydrogen-bond donors (Lipinski definition) is 1. The van der Waals surface area contributed by atoms with Crippen LogP contribution in [-0.2, 0) is 5.75 Å². The molecular formula is C22H21N3O2S2. The highest BCUT2D eigenvalue weighted by molar-refractivity contribution is 8.00. The Bertz CT molecular complexity index is 1210. The molecular weight excluding hydrogens is 402 g/mol. The maximum atomic E-state index is 12.8. The van der Waals surface area contributed by atoms with Crippen molar-refractivity contribution >= 4 is 45.1 Å². The third-order valence-electron chi connectivity index (χ3n) is 4.65. The number of carbonyl (C=O) groups is 1. The van der Waals surface area contributed by atoms with Gasteiger partial charge in [-0.25, -0.2) is 0 Å². The lowest BCUT2D eigenvalue weighted by molar-refractivity contribution is 0.0998. The van der Waals surface area contributed by atoms with E-state index in [0.29, 0.717) is 10.9 Å². The molecule has 0 aliphatic heterocycles. The van der Waals surface area contributed by atoms with Crippen molar-refractivity contribution in [2.45, 2.75) is 37.8 Å². The summed E-state index contributed by atoms with van der Waals surface area (Å²) in [5.41, 5.74) is 6.26. The lowest BCUT2D eigenvalue weighted by Crippen LogP contribution is -2.11. The number of rotatable bonds is 5. The first-order valence-corrected chi connectivity index (χ1v) is 11.0. The van der Waals surface area contributed by atoms with E-state index in [1.807, 2.05) is 26.8 Å². The number of nitrogens with one attached hydrogen (secondary N) is 1. The number of carbonyl (C=O) groups excluding carboxylic acids is 1. The molecule has 0 atom stereocenters. The summed E-state index contributed by atoms with van der Waals surface area (Å²) in [7, 11) is 0. The van der Waals surface area contributed by atoms with Gasteiger partial charge in [0, 0.05) is 16.7 Å². The van der Waals surface area contributed by atoms with Crippen LogP contribution >= 0.6 is 23.1 Å². The summed E-state index contributed by atoms with van der Waals surface area (Å²) in [6.07, 6.45) is 0. The van der Waals surface area contributed by atoms with E-state index in [1.54, 1.807) is 11.8 Å². The Balaban J connectivity index is 1.47. The monoisotopic (exact) mass is 423 g/mol. The van der Waals surface area contributed by atoms with Gasteiger partial charge in [-0.15, -0.1) is 10.2 Å². The van der Waals surface area contributed by atoms with Crippen molar-refractivity contribution in [2.75, 3.05) is 5.32 Å². The molecule has 4 rings (SSSR count). The molecule has 2 aromatic carbocycles. The summed E-state index contributed by atoms with van der Waals surface area (Å²) < 4.78 is 6.67. The van der Waals surface area contributed by atoms with Crippen LogP contribution < -0.4 is 5.32 Å². The Morgan fingerprint density at radius 1 is 1.10 bits per heavy atom. The summed E-state index contributed by atoms with van der Waals surface area (Å²) in [6, 6.07) is 12.4. The van der Waals surface area contributed by atoms with Crippen molar-refractivity contribution in [3.8, 4) is 0 Å². The molecule has 29 heavy (non-hydrogen) atoms. The minimum atomic E-state index is -0.304. The van der Waals surface area contributed by atoms with Gasteiger partial charge in [-0.3, -0.25) is 10.1 Å². The van der Waals surface area contributed by atoms with Gasteiger partial charge in [0.2, 0.25) is 5.13 Å². The second-order valence-electron chi connectivity index (χ2n) is 7.12. The molecule has 0 aliphatic carbocycles. The Kier molecular flexibility index (Phi) is 5.43.